The first-order valence-corrected chi connectivity index (χ1v) is 5.76. The fourth-order valence-electron chi connectivity index (χ4n) is 2.41. The van der Waals surface area contributed by atoms with E-state index in [1.165, 1.54) is 18.4 Å². The maximum Gasteiger partial charge on any atom is 0.334 e. The van der Waals surface area contributed by atoms with Gasteiger partial charge in [0.2, 0.25) is 0 Å². The van der Waals surface area contributed by atoms with Crippen LogP contribution in [0.5, 0.6) is 0 Å². The van der Waals surface area contributed by atoms with Crippen molar-refractivity contribution in [2.75, 3.05) is 0 Å². The fraction of sp³-hybridized carbons (Fsp3) is 0.750. The second-order valence-corrected chi connectivity index (χ2v) is 4.25. The summed E-state index contributed by atoms with van der Waals surface area (Å²) in [5, 5.41) is 0. The van der Waals surface area contributed by atoms with E-state index in [0.29, 0.717) is 0 Å². The van der Waals surface area contributed by atoms with E-state index in [-0.39, 0.29) is 12.1 Å². The molecule has 1 heterocycles. The molecule has 14 heavy (non-hydrogen) atoms. The lowest BCUT2D eigenvalue weighted by atomic mass is 9.89. The van der Waals surface area contributed by atoms with Crippen molar-refractivity contribution in [1.29, 1.82) is 0 Å². The van der Waals surface area contributed by atoms with Gasteiger partial charge in [0.05, 0.1) is 0 Å². The topological polar surface area (TPSA) is 26.3 Å². The Balaban J connectivity index is 2.07. The summed E-state index contributed by atoms with van der Waals surface area (Å²) in [5.74, 6) is -0.0270. The molecule has 0 spiro atoms. The van der Waals surface area contributed by atoms with Gasteiger partial charge in [-0.3, -0.25) is 0 Å². The van der Waals surface area contributed by atoms with Crippen molar-refractivity contribution < 1.29 is 9.53 Å². The third kappa shape index (κ3) is 1.70. The summed E-state index contributed by atoms with van der Waals surface area (Å²) in [5.41, 5.74) is 2.34. The van der Waals surface area contributed by atoms with Gasteiger partial charge in [-0.15, -0.1) is 0 Å². The summed E-state index contributed by atoms with van der Waals surface area (Å²) in [6.45, 7) is 2.17. The lowest BCUT2D eigenvalue weighted by Crippen LogP contribution is -2.11. The van der Waals surface area contributed by atoms with Gasteiger partial charge in [-0.1, -0.05) is 13.3 Å². The van der Waals surface area contributed by atoms with Crippen LogP contribution in [0.2, 0.25) is 0 Å². The summed E-state index contributed by atoms with van der Waals surface area (Å²) in [7, 11) is 0. The first kappa shape index (κ1) is 9.75. The van der Waals surface area contributed by atoms with E-state index in [4.69, 9.17) is 4.74 Å². The minimum atomic E-state index is -0.0270. The van der Waals surface area contributed by atoms with Crippen LogP contribution in [0.4, 0.5) is 0 Å². The highest BCUT2D eigenvalue weighted by Gasteiger charge is 2.34. The van der Waals surface area contributed by atoms with Crippen molar-refractivity contribution in [1.82, 2.24) is 0 Å². The number of carbonyl (C=O) groups excluding carboxylic acids is 1. The zero-order chi connectivity index (χ0) is 9.97. The second kappa shape index (κ2) is 4.16. The van der Waals surface area contributed by atoms with Crippen LogP contribution < -0.4 is 0 Å². The highest BCUT2D eigenvalue weighted by Crippen LogP contribution is 2.36. The minimum absolute atomic E-state index is 0.0270. The average Bonchev–Trinajstić information content (AvgIpc) is 2.54. The van der Waals surface area contributed by atoms with Crippen LogP contribution in [0, 0.1) is 0 Å². The lowest BCUT2D eigenvalue weighted by molar-refractivity contribution is -0.140. The first-order chi connectivity index (χ1) is 6.83. The van der Waals surface area contributed by atoms with E-state index in [0.717, 1.165) is 37.7 Å². The van der Waals surface area contributed by atoms with Gasteiger partial charge >= 0.3 is 5.97 Å². The highest BCUT2D eigenvalue weighted by molar-refractivity contribution is 5.92. The summed E-state index contributed by atoms with van der Waals surface area (Å²) in [6, 6.07) is 0. The molecule has 0 saturated carbocycles. The molecule has 2 nitrogen and oxygen atoms in total. The van der Waals surface area contributed by atoms with E-state index in [2.05, 4.69) is 6.92 Å². The monoisotopic (exact) mass is 194 g/mol. The van der Waals surface area contributed by atoms with Crippen LogP contribution in [0.15, 0.2) is 11.1 Å². The van der Waals surface area contributed by atoms with E-state index in [1.54, 1.807) is 0 Å². The number of carbonyl (C=O) groups is 1. The molecule has 0 saturated heterocycles. The predicted octanol–water partition coefficient (Wildman–Crippen LogP) is 2.97. The molecule has 0 fully saturated rings. The third-order valence-corrected chi connectivity index (χ3v) is 3.21. The number of esters is 1. The van der Waals surface area contributed by atoms with Gasteiger partial charge in [-0.05, 0) is 44.1 Å². The molecule has 2 rings (SSSR count). The van der Waals surface area contributed by atoms with E-state index in [1.807, 2.05) is 0 Å². The van der Waals surface area contributed by atoms with Crippen molar-refractivity contribution >= 4 is 5.97 Å². The number of ether oxygens (including phenoxy) is 1. The molecule has 2 heteroatoms. The number of hydrogen-bond acceptors (Lipinski definition) is 2. The molecule has 1 aliphatic heterocycles. The molecule has 0 amide bonds. The second-order valence-electron chi connectivity index (χ2n) is 4.25. The van der Waals surface area contributed by atoms with Crippen LogP contribution in [-0.4, -0.2) is 12.1 Å². The Bertz CT molecular complexity index is 265. The largest absolute Gasteiger partial charge is 0.454 e. The molecule has 1 aliphatic carbocycles. The van der Waals surface area contributed by atoms with Crippen LogP contribution in [0.25, 0.3) is 0 Å². The van der Waals surface area contributed by atoms with Crippen molar-refractivity contribution in [2.24, 2.45) is 0 Å². The normalized spacial score (nSPS) is 26.4. The van der Waals surface area contributed by atoms with Crippen molar-refractivity contribution in [3.63, 3.8) is 0 Å². The lowest BCUT2D eigenvalue weighted by Gasteiger charge is -2.15. The van der Waals surface area contributed by atoms with Gasteiger partial charge < -0.3 is 4.74 Å². The van der Waals surface area contributed by atoms with Crippen molar-refractivity contribution in [2.45, 2.75) is 58.0 Å². The smallest absolute Gasteiger partial charge is 0.334 e. The van der Waals surface area contributed by atoms with Crippen molar-refractivity contribution in [3.8, 4) is 0 Å². The van der Waals surface area contributed by atoms with Crippen LogP contribution in [0.1, 0.15) is 51.9 Å². The Morgan fingerprint density at radius 3 is 2.93 bits per heavy atom. The van der Waals surface area contributed by atoms with E-state index in [9.17, 15) is 4.79 Å². The molecule has 1 atom stereocenters. The summed E-state index contributed by atoms with van der Waals surface area (Å²) in [4.78, 5) is 11.5. The van der Waals surface area contributed by atoms with Gasteiger partial charge in [0, 0.05) is 5.57 Å². The zero-order valence-corrected chi connectivity index (χ0v) is 8.84. The fourth-order valence-corrected chi connectivity index (χ4v) is 2.41. The molecule has 2 aliphatic rings. The molecular weight excluding hydrogens is 176 g/mol. The molecule has 78 valence electrons. The van der Waals surface area contributed by atoms with Crippen LogP contribution in [-0.2, 0) is 9.53 Å². The SMILES string of the molecule is CCCC[C@@H]1OC(=O)C2=C1CCCC2. The molecule has 0 aromatic rings. The Morgan fingerprint density at radius 2 is 2.14 bits per heavy atom. The molecule has 0 aromatic carbocycles. The third-order valence-electron chi connectivity index (χ3n) is 3.21. The highest BCUT2D eigenvalue weighted by atomic mass is 16.5. The number of unbranched alkanes of at least 4 members (excludes halogenated alkanes) is 1. The number of cyclic esters (lactones) is 1. The minimum Gasteiger partial charge on any atom is -0.454 e. The van der Waals surface area contributed by atoms with Gasteiger partial charge in [0.25, 0.3) is 0 Å². The molecule has 0 radical (unpaired) electrons. The Labute approximate surface area is 85.3 Å². The van der Waals surface area contributed by atoms with E-state index >= 15 is 0 Å². The maximum atomic E-state index is 11.5. The predicted molar refractivity (Wildman–Crippen MR) is 54.9 cm³/mol. The Hall–Kier alpha value is -0.790. The van der Waals surface area contributed by atoms with Crippen molar-refractivity contribution in [3.05, 3.63) is 11.1 Å². The van der Waals surface area contributed by atoms with E-state index < -0.39 is 0 Å². The molecule has 0 N–H and O–H groups in total. The van der Waals surface area contributed by atoms with Crippen LogP contribution >= 0.6 is 0 Å². The first-order valence-electron chi connectivity index (χ1n) is 5.76. The molecule has 0 bridgehead atoms. The van der Waals surface area contributed by atoms with Gasteiger partial charge in [0.1, 0.15) is 6.10 Å². The Morgan fingerprint density at radius 1 is 1.36 bits per heavy atom. The van der Waals surface area contributed by atoms with Crippen LogP contribution in [0.3, 0.4) is 0 Å². The molecule has 0 unspecified atom stereocenters. The summed E-state index contributed by atoms with van der Waals surface area (Å²) in [6.07, 6.45) is 7.95. The molecular formula is C12H18O2. The quantitative estimate of drug-likeness (QED) is 0.646. The summed E-state index contributed by atoms with van der Waals surface area (Å²) >= 11 is 0. The van der Waals surface area contributed by atoms with Gasteiger partial charge in [0.15, 0.2) is 0 Å². The Kier molecular flexibility index (Phi) is 2.90. The summed E-state index contributed by atoms with van der Waals surface area (Å²) < 4.78 is 5.40. The average molecular weight is 194 g/mol. The maximum absolute atomic E-state index is 11.5. The number of rotatable bonds is 3. The standard InChI is InChI=1S/C12H18O2/c1-2-3-8-11-9-6-4-5-7-10(9)12(13)14-11/h11H,2-8H2,1H3/t11-/m0/s1. The molecule has 0 aromatic heterocycles. The van der Waals surface area contributed by atoms with Gasteiger partial charge in [-0.25, -0.2) is 4.79 Å². The number of hydrogen-bond donors (Lipinski definition) is 0. The zero-order valence-electron chi connectivity index (χ0n) is 8.84. The van der Waals surface area contributed by atoms with Gasteiger partial charge in [-0.2, -0.15) is 0 Å².